The third-order valence-electron chi connectivity index (χ3n) is 5.96. The number of rotatable bonds is 8. The minimum Gasteiger partial charge on any atom is -0.497 e. The molecule has 34 heavy (non-hydrogen) atoms. The summed E-state index contributed by atoms with van der Waals surface area (Å²) in [4.78, 5) is 29.5. The van der Waals surface area contributed by atoms with Gasteiger partial charge < -0.3 is 9.47 Å². The Morgan fingerprint density at radius 1 is 1.06 bits per heavy atom. The van der Waals surface area contributed by atoms with Crippen LogP contribution in [0.25, 0.3) is 0 Å². The second-order valence-corrected chi connectivity index (χ2v) is 10.8. The Labute approximate surface area is 207 Å². The topological polar surface area (TPSA) is 96.5 Å². The molecule has 11 heteroatoms. The summed E-state index contributed by atoms with van der Waals surface area (Å²) in [5, 5.41) is 0. The van der Waals surface area contributed by atoms with Gasteiger partial charge in [-0.05, 0) is 48.5 Å². The van der Waals surface area contributed by atoms with Crippen molar-refractivity contribution in [3.63, 3.8) is 0 Å². The summed E-state index contributed by atoms with van der Waals surface area (Å²) < 4.78 is 39.7. The van der Waals surface area contributed by atoms with Gasteiger partial charge in [0.2, 0.25) is 15.9 Å². The van der Waals surface area contributed by atoms with Crippen LogP contribution in [-0.4, -0.2) is 82.0 Å². The van der Waals surface area contributed by atoms with Crippen molar-refractivity contribution in [2.45, 2.75) is 17.4 Å². The molecule has 2 fully saturated rings. The highest BCUT2D eigenvalue weighted by molar-refractivity contribution is 9.10. The molecule has 2 aliphatic rings. The molecule has 0 spiro atoms. The maximum absolute atomic E-state index is 13.7. The molecule has 2 saturated heterocycles. The number of methoxy groups -OCH3 is 1. The molecule has 182 valence electrons. The van der Waals surface area contributed by atoms with Gasteiger partial charge in [0.15, 0.2) is 0 Å². The summed E-state index contributed by atoms with van der Waals surface area (Å²) in [6.07, 6.45) is -0.219. The Hall–Kier alpha value is -2.31. The number of halogens is 1. The van der Waals surface area contributed by atoms with Gasteiger partial charge in [0.1, 0.15) is 11.8 Å². The average molecular weight is 552 g/mol. The molecular weight excluding hydrogens is 526 g/mol. The molecule has 9 nitrogen and oxygen atoms in total. The number of carbonyl (C=O) groups excluding carboxylic acids is 2. The predicted molar refractivity (Wildman–Crippen MR) is 129 cm³/mol. The summed E-state index contributed by atoms with van der Waals surface area (Å²) >= 11 is 3.32. The van der Waals surface area contributed by atoms with Crippen LogP contribution in [0.2, 0.25) is 0 Å². The van der Waals surface area contributed by atoms with E-state index in [2.05, 4.69) is 20.8 Å². The van der Waals surface area contributed by atoms with E-state index in [-0.39, 0.29) is 17.9 Å². The van der Waals surface area contributed by atoms with Crippen LogP contribution in [0, 0.1) is 0 Å². The van der Waals surface area contributed by atoms with Crippen LogP contribution in [0.3, 0.4) is 0 Å². The van der Waals surface area contributed by atoms with Crippen molar-refractivity contribution in [3.05, 3.63) is 53.0 Å². The molecule has 2 aromatic rings. The second kappa shape index (κ2) is 10.5. The van der Waals surface area contributed by atoms with Crippen LogP contribution < -0.4 is 9.64 Å². The lowest BCUT2D eigenvalue weighted by Crippen LogP contribution is -2.49. The van der Waals surface area contributed by atoms with E-state index in [0.717, 1.165) is 9.37 Å². The summed E-state index contributed by atoms with van der Waals surface area (Å²) in [6.45, 7) is 3.03. The Kier molecular flexibility index (Phi) is 7.68. The number of carbonyl (C=O) groups is 2. The zero-order valence-electron chi connectivity index (χ0n) is 18.7. The van der Waals surface area contributed by atoms with E-state index in [0.29, 0.717) is 44.3 Å². The maximum atomic E-state index is 13.7. The van der Waals surface area contributed by atoms with Gasteiger partial charge in [-0.2, -0.15) is 4.31 Å². The first-order valence-electron chi connectivity index (χ1n) is 10.9. The van der Waals surface area contributed by atoms with E-state index in [1.54, 1.807) is 36.4 Å². The average Bonchev–Trinajstić information content (AvgIpc) is 3.13. The Morgan fingerprint density at radius 3 is 2.32 bits per heavy atom. The van der Waals surface area contributed by atoms with E-state index in [1.165, 1.54) is 23.5 Å². The number of nitrogens with zero attached hydrogens (tertiary/aromatic N) is 3. The molecule has 4 rings (SSSR count). The monoisotopic (exact) mass is 551 g/mol. The Balaban J connectivity index is 1.63. The van der Waals surface area contributed by atoms with Crippen molar-refractivity contribution in [3.8, 4) is 5.75 Å². The first-order chi connectivity index (χ1) is 16.3. The fourth-order valence-corrected chi connectivity index (χ4v) is 5.93. The number of anilines is 1. The van der Waals surface area contributed by atoms with Crippen LogP contribution >= 0.6 is 15.9 Å². The first kappa shape index (κ1) is 24.8. The minimum absolute atomic E-state index is 0.0702. The minimum atomic E-state index is -4.04. The van der Waals surface area contributed by atoms with Crippen molar-refractivity contribution in [2.24, 2.45) is 0 Å². The summed E-state index contributed by atoms with van der Waals surface area (Å²) in [6, 6.07) is 11.7. The zero-order valence-corrected chi connectivity index (χ0v) is 21.1. The van der Waals surface area contributed by atoms with Crippen LogP contribution in [0.1, 0.15) is 6.42 Å². The number of morpholine rings is 1. The van der Waals surface area contributed by atoms with Crippen molar-refractivity contribution >= 4 is 43.5 Å². The maximum Gasteiger partial charge on any atom is 0.252 e. The Morgan fingerprint density at radius 2 is 1.71 bits per heavy atom. The van der Waals surface area contributed by atoms with Crippen molar-refractivity contribution in [1.29, 1.82) is 0 Å². The van der Waals surface area contributed by atoms with E-state index < -0.39 is 27.9 Å². The molecule has 2 aliphatic heterocycles. The zero-order chi connectivity index (χ0) is 24.3. The molecule has 0 radical (unpaired) electrons. The lowest BCUT2D eigenvalue weighted by molar-refractivity contribution is -0.122. The molecule has 1 atom stereocenters. The number of imide groups is 1. The molecule has 2 amide bonds. The molecular formula is C23H26BrN3O6S. The molecule has 1 unspecified atom stereocenters. The molecule has 0 N–H and O–H groups in total. The number of ether oxygens (including phenoxy) is 2. The fraction of sp³-hybridized carbons (Fsp3) is 0.391. The van der Waals surface area contributed by atoms with Gasteiger partial charge in [-0.15, -0.1) is 0 Å². The van der Waals surface area contributed by atoms with Gasteiger partial charge in [-0.1, -0.05) is 15.9 Å². The molecule has 0 aliphatic carbocycles. The summed E-state index contributed by atoms with van der Waals surface area (Å²) in [7, 11) is -2.52. The highest BCUT2D eigenvalue weighted by Gasteiger charge is 2.47. The molecule has 0 aromatic heterocycles. The fourth-order valence-electron chi connectivity index (χ4n) is 4.09. The highest BCUT2D eigenvalue weighted by Crippen LogP contribution is 2.30. The molecule has 2 aromatic carbocycles. The van der Waals surface area contributed by atoms with Crippen molar-refractivity contribution < 1.29 is 27.5 Å². The highest BCUT2D eigenvalue weighted by atomic mass is 79.9. The number of sulfonamides is 1. The normalized spacial score (nSPS) is 19.7. The van der Waals surface area contributed by atoms with Gasteiger partial charge in [0.25, 0.3) is 5.91 Å². The van der Waals surface area contributed by atoms with Crippen LogP contribution in [0.15, 0.2) is 57.9 Å². The number of hydrogen-bond acceptors (Lipinski definition) is 7. The van der Waals surface area contributed by atoms with E-state index in [9.17, 15) is 18.0 Å². The lowest BCUT2D eigenvalue weighted by Gasteiger charge is -2.31. The molecule has 2 heterocycles. The number of amides is 2. The predicted octanol–water partition coefficient (Wildman–Crippen LogP) is 2.11. The molecule has 0 saturated carbocycles. The largest absolute Gasteiger partial charge is 0.497 e. The smallest absolute Gasteiger partial charge is 0.252 e. The number of benzene rings is 2. The summed E-state index contributed by atoms with van der Waals surface area (Å²) in [5.41, 5.74) is 0.382. The standard InChI is InChI=1S/C23H26BrN3O6S/c1-32-19-6-4-18(5-7-19)27-22(28)16-21(23(27)29)26(11-10-25-12-14-33-15-13-25)34(30,31)20-8-2-17(24)3-9-20/h2-9,21H,10-16H2,1H3. The molecule has 0 bridgehead atoms. The van der Waals surface area contributed by atoms with Gasteiger partial charge in [-0.3, -0.25) is 14.5 Å². The van der Waals surface area contributed by atoms with E-state index in [1.807, 2.05) is 0 Å². The van der Waals surface area contributed by atoms with Crippen LogP contribution in [0.5, 0.6) is 5.75 Å². The lowest BCUT2D eigenvalue weighted by atomic mass is 10.2. The van der Waals surface area contributed by atoms with Crippen molar-refractivity contribution in [1.82, 2.24) is 9.21 Å². The third-order valence-corrected chi connectivity index (χ3v) is 8.41. The van der Waals surface area contributed by atoms with Gasteiger partial charge >= 0.3 is 0 Å². The van der Waals surface area contributed by atoms with Crippen molar-refractivity contribution in [2.75, 3.05) is 51.4 Å². The van der Waals surface area contributed by atoms with Gasteiger partial charge in [-0.25, -0.2) is 13.3 Å². The van der Waals surface area contributed by atoms with E-state index in [4.69, 9.17) is 9.47 Å². The second-order valence-electron chi connectivity index (χ2n) is 8.01. The van der Waals surface area contributed by atoms with Gasteiger partial charge in [0.05, 0.1) is 37.3 Å². The Bertz CT molecular complexity index is 1130. The SMILES string of the molecule is COc1ccc(N2C(=O)CC(N(CCN3CCOCC3)S(=O)(=O)c3ccc(Br)cc3)C2=O)cc1. The third kappa shape index (κ3) is 5.18. The number of hydrogen-bond donors (Lipinski definition) is 0. The van der Waals surface area contributed by atoms with Gasteiger partial charge in [0, 0.05) is 30.7 Å². The van der Waals surface area contributed by atoms with Crippen LogP contribution in [0.4, 0.5) is 5.69 Å². The van der Waals surface area contributed by atoms with E-state index >= 15 is 0 Å². The first-order valence-corrected chi connectivity index (χ1v) is 13.1. The summed E-state index contributed by atoms with van der Waals surface area (Å²) in [5.74, 6) is -0.412. The quantitative estimate of drug-likeness (QED) is 0.463. The van der Waals surface area contributed by atoms with Crippen LogP contribution in [-0.2, 0) is 24.3 Å².